The van der Waals surface area contributed by atoms with Crippen LogP contribution in [-0.2, 0) is 39.7 Å². The molecule has 8 rings (SSSR count). The number of hydrogen-bond acceptors (Lipinski definition) is 8. The lowest BCUT2D eigenvalue weighted by Crippen LogP contribution is -2.48. The summed E-state index contributed by atoms with van der Waals surface area (Å²) in [6.07, 6.45) is -2.93. The smallest absolute Gasteiger partial charge is 0.330 e. The molecule has 7 aromatic rings. The summed E-state index contributed by atoms with van der Waals surface area (Å²) in [5.41, 5.74) is 0.942. The molecule has 2 heterocycles. The maximum Gasteiger partial charge on any atom is 0.330 e. The summed E-state index contributed by atoms with van der Waals surface area (Å²) in [5, 5.41) is 0. The van der Waals surface area contributed by atoms with Crippen molar-refractivity contribution in [3.63, 3.8) is 0 Å². The van der Waals surface area contributed by atoms with E-state index in [2.05, 4.69) is 4.98 Å². The summed E-state index contributed by atoms with van der Waals surface area (Å²) < 4.78 is 55.6. The first-order chi connectivity index (χ1) is 29.1. The second-order valence-corrected chi connectivity index (χ2v) is 16.4. The maximum absolute atomic E-state index is 13.7. The Hall–Kier alpha value is -6.21. The highest BCUT2D eigenvalue weighted by Gasteiger charge is 2.55. The number of aryl methyl sites for hydroxylation is 1. The van der Waals surface area contributed by atoms with E-state index < -0.39 is 57.1 Å². The number of H-pyrrole nitrogens is 1. The van der Waals surface area contributed by atoms with Crippen LogP contribution in [0.15, 0.2) is 198 Å². The Morgan fingerprint density at radius 3 is 1.32 bits per heavy atom. The number of benzene rings is 6. The average Bonchev–Trinajstić information content (AvgIpc) is 3.60. The molecule has 0 unspecified atom stereocenters. The Bertz CT molecular complexity index is 2540. The van der Waals surface area contributed by atoms with Gasteiger partial charge >= 0.3 is 5.69 Å². The molecule has 1 fully saturated rings. The van der Waals surface area contributed by atoms with Gasteiger partial charge in [-0.1, -0.05) is 182 Å². The Morgan fingerprint density at radius 2 is 0.950 bits per heavy atom. The summed E-state index contributed by atoms with van der Waals surface area (Å²) in [7, 11) is -4.25. The number of nitrogens with one attached hydrogen (secondary N) is 1. The molecule has 10 nitrogen and oxygen atoms in total. The van der Waals surface area contributed by atoms with Gasteiger partial charge in [-0.25, -0.2) is 4.79 Å². The Labute approximate surface area is 348 Å². The first kappa shape index (κ1) is 40.6. The average molecular weight is 821 g/mol. The molecule has 6 aromatic carbocycles. The van der Waals surface area contributed by atoms with E-state index in [0.29, 0.717) is 0 Å². The van der Waals surface area contributed by atoms with Crippen LogP contribution in [0.25, 0.3) is 0 Å². The van der Waals surface area contributed by atoms with Crippen molar-refractivity contribution in [2.75, 3.05) is 12.9 Å². The van der Waals surface area contributed by atoms with Gasteiger partial charge in [0.15, 0.2) is 12.3 Å². The van der Waals surface area contributed by atoms with Crippen LogP contribution in [0.5, 0.6) is 0 Å². The van der Waals surface area contributed by atoms with Crippen LogP contribution in [0.1, 0.15) is 45.2 Å². The molecular formula is C49H44N2O8S. The van der Waals surface area contributed by atoms with Crippen LogP contribution in [0.2, 0.25) is 0 Å². The summed E-state index contributed by atoms with van der Waals surface area (Å²) in [4.78, 5) is 28.7. The number of nitrogens with zero attached hydrogens (tertiary/aromatic N) is 1. The number of hydrogen-bond donors (Lipinski definition) is 1. The lowest BCUT2D eigenvalue weighted by Gasteiger charge is -2.41. The lowest BCUT2D eigenvalue weighted by atomic mass is 9.79. The zero-order valence-electron chi connectivity index (χ0n) is 33.0. The maximum atomic E-state index is 13.7. The fourth-order valence-corrected chi connectivity index (χ4v) is 8.80. The van der Waals surface area contributed by atoms with E-state index in [1.54, 1.807) is 6.92 Å². The first-order valence-electron chi connectivity index (χ1n) is 19.6. The highest BCUT2D eigenvalue weighted by Crippen LogP contribution is 2.47. The first-order valence-corrected chi connectivity index (χ1v) is 21.4. The van der Waals surface area contributed by atoms with Gasteiger partial charge in [-0.15, -0.1) is 0 Å². The van der Waals surface area contributed by atoms with Crippen molar-refractivity contribution in [1.29, 1.82) is 0 Å². The minimum absolute atomic E-state index is 0.186. The van der Waals surface area contributed by atoms with Crippen molar-refractivity contribution < 1.29 is 26.8 Å². The van der Waals surface area contributed by atoms with Crippen molar-refractivity contribution in [3.8, 4) is 0 Å². The topological polar surface area (TPSA) is 126 Å². The van der Waals surface area contributed by atoms with Gasteiger partial charge < -0.3 is 14.2 Å². The molecule has 60 heavy (non-hydrogen) atoms. The van der Waals surface area contributed by atoms with E-state index in [9.17, 15) is 18.0 Å². The monoisotopic (exact) mass is 820 g/mol. The van der Waals surface area contributed by atoms with Gasteiger partial charge in [-0.2, -0.15) is 8.42 Å². The summed E-state index contributed by atoms with van der Waals surface area (Å²) in [6.45, 7) is 1.36. The van der Waals surface area contributed by atoms with Crippen molar-refractivity contribution in [3.05, 3.63) is 248 Å². The SMILES string of the molecule is Cc1cn([C@@H]2O[C@H](COC(c3ccccc3)(c3ccccc3)c3ccccc3)[C@@H](OC(c3ccccc3)(c3ccccc3)c3ccccc3)[C@H]2OS(C)(=O)=O)c(=O)[nH]c1=O. The van der Waals surface area contributed by atoms with Crippen molar-refractivity contribution in [2.24, 2.45) is 0 Å². The minimum Gasteiger partial charge on any atom is -0.358 e. The molecule has 11 heteroatoms. The molecule has 1 saturated heterocycles. The zero-order chi connectivity index (χ0) is 41.7. The van der Waals surface area contributed by atoms with E-state index in [-0.39, 0.29) is 12.2 Å². The Kier molecular flexibility index (Phi) is 11.6. The minimum atomic E-state index is -4.25. The van der Waals surface area contributed by atoms with Gasteiger partial charge in [-0.05, 0) is 40.3 Å². The van der Waals surface area contributed by atoms with Crippen LogP contribution < -0.4 is 11.2 Å². The molecule has 0 spiro atoms. The zero-order valence-corrected chi connectivity index (χ0v) is 33.9. The molecule has 0 saturated carbocycles. The molecule has 1 aliphatic heterocycles. The predicted octanol–water partition coefficient (Wildman–Crippen LogP) is 7.47. The molecule has 0 amide bonds. The second kappa shape index (κ2) is 17.2. The summed E-state index contributed by atoms with van der Waals surface area (Å²) >= 11 is 0. The van der Waals surface area contributed by atoms with E-state index in [1.165, 1.54) is 6.20 Å². The van der Waals surface area contributed by atoms with E-state index in [1.807, 2.05) is 182 Å². The van der Waals surface area contributed by atoms with Crippen molar-refractivity contribution in [2.45, 2.75) is 42.7 Å². The molecule has 0 bridgehead atoms. The fraction of sp³-hybridized carbons (Fsp3) is 0.184. The number of rotatable bonds is 14. The number of ether oxygens (including phenoxy) is 3. The van der Waals surface area contributed by atoms with E-state index >= 15 is 0 Å². The van der Waals surface area contributed by atoms with E-state index in [4.69, 9.17) is 18.4 Å². The van der Waals surface area contributed by atoms with Gasteiger partial charge in [0.25, 0.3) is 15.7 Å². The van der Waals surface area contributed by atoms with Gasteiger partial charge in [0, 0.05) is 11.8 Å². The van der Waals surface area contributed by atoms with Gasteiger partial charge in [-0.3, -0.25) is 18.5 Å². The normalized spacial score (nSPS) is 18.3. The third-order valence-electron chi connectivity index (χ3n) is 10.9. The predicted molar refractivity (Wildman–Crippen MR) is 229 cm³/mol. The van der Waals surface area contributed by atoms with Crippen LogP contribution in [0.4, 0.5) is 0 Å². The molecule has 304 valence electrons. The van der Waals surface area contributed by atoms with Crippen molar-refractivity contribution >= 4 is 10.1 Å². The Balaban J connectivity index is 1.36. The Morgan fingerprint density at radius 1 is 0.583 bits per heavy atom. The fourth-order valence-electron chi connectivity index (χ4n) is 8.19. The van der Waals surface area contributed by atoms with Gasteiger partial charge in [0.1, 0.15) is 23.4 Å². The third kappa shape index (κ3) is 7.93. The quantitative estimate of drug-likeness (QED) is 0.0886. The van der Waals surface area contributed by atoms with Crippen LogP contribution in [0, 0.1) is 6.92 Å². The molecule has 1 N–H and O–H groups in total. The van der Waals surface area contributed by atoms with E-state index in [0.717, 1.165) is 44.2 Å². The third-order valence-corrected chi connectivity index (χ3v) is 11.4. The largest absolute Gasteiger partial charge is 0.358 e. The molecule has 0 aliphatic carbocycles. The number of aromatic amines is 1. The van der Waals surface area contributed by atoms with Gasteiger partial charge in [0.05, 0.1) is 12.9 Å². The molecule has 0 radical (unpaired) electrons. The lowest BCUT2D eigenvalue weighted by molar-refractivity contribution is -0.130. The molecular weight excluding hydrogens is 777 g/mol. The molecule has 1 aromatic heterocycles. The van der Waals surface area contributed by atoms with Gasteiger partial charge in [0.2, 0.25) is 0 Å². The second-order valence-electron chi connectivity index (χ2n) is 14.8. The van der Waals surface area contributed by atoms with Crippen molar-refractivity contribution in [1.82, 2.24) is 9.55 Å². The molecule has 4 atom stereocenters. The highest BCUT2D eigenvalue weighted by atomic mass is 32.2. The standard InChI is InChI=1S/C49H44N2O8S/c1-35-33-51(47(53)50-45(35)52)46-44(59-60(2,54)55)43(58-49(39-27-15-6-16-28-39,40-29-17-7-18-30-40)41-31-19-8-20-32-41)42(57-46)34-56-48(36-21-9-3-10-22-36,37-23-11-4-12-24-37)38-25-13-5-14-26-38/h3-33,42-44,46H,34H2,1-2H3,(H,50,52,53)/t42-,43-,44-,46-/m1/s1. The molecule has 1 aliphatic rings. The summed E-state index contributed by atoms with van der Waals surface area (Å²) in [5.74, 6) is 0. The number of aromatic nitrogens is 2. The summed E-state index contributed by atoms with van der Waals surface area (Å²) in [6, 6.07) is 58.4. The van der Waals surface area contributed by atoms with Crippen LogP contribution in [-0.4, -0.2) is 49.1 Å². The van der Waals surface area contributed by atoms with Crippen LogP contribution >= 0.6 is 0 Å². The highest BCUT2D eigenvalue weighted by molar-refractivity contribution is 7.86. The van der Waals surface area contributed by atoms with Crippen LogP contribution in [0.3, 0.4) is 0 Å².